The van der Waals surface area contributed by atoms with Crippen molar-refractivity contribution in [2.75, 3.05) is 6.61 Å². The predicted molar refractivity (Wildman–Crippen MR) is 71.0 cm³/mol. The summed E-state index contributed by atoms with van der Waals surface area (Å²) in [6.07, 6.45) is 3.06. The molecule has 96 valence electrons. The minimum atomic E-state index is -0.656. The van der Waals surface area contributed by atoms with Crippen LogP contribution in [0.4, 0.5) is 0 Å². The van der Waals surface area contributed by atoms with Crippen LogP contribution in [0.15, 0.2) is 30.3 Å². The van der Waals surface area contributed by atoms with Crippen molar-refractivity contribution in [3.05, 3.63) is 35.9 Å². The highest BCUT2D eigenvalue weighted by atomic mass is 16.3. The Morgan fingerprint density at radius 3 is 2.18 bits per heavy atom. The van der Waals surface area contributed by atoms with E-state index in [9.17, 15) is 5.11 Å². The minimum absolute atomic E-state index is 0.117. The molecule has 0 saturated heterocycles. The van der Waals surface area contributed by atoms with Gasteiger partial charge in [-0.25, -0.2) is 0 Å². The average molecular weight is 236 g/mol. The van der Waals surface area contributed by atoms with E-state index in [1.54, 1.807) is 0 Å². The van der Waals surface area contributed by atoms with Crippen LogP contribution < -0.4 is 0 Å². The van der Waals surface area contributed by atoms with Gasteiger partial charge in [0.05, 0.1) is 5.60 Å². The van der Waals surface area contributed by atoms with Crippen LogP contribution in [0, 0.1) is 0 Å². The zero-order valence-electron chi connectivity index (χ0n) is 10.9. The fraction of sp³-hybridized carbons (Fsp3) is 0.600. The van der Waals surface area contributed by atoms with Crippen LogP contribution in [-0.2, 0) is 0 Å². The van der Waals surface area contributed by atoms with E-state index in [4.69, 9.17) is 5.11 Å². The zero-order chi connectivity index (χ0) is 12.7. The standard InChI is InChI=1S/C15H24O2/c1-3-15(17,4-2)14(11-8-12-16)13-9-6-5-7-10-13/h5-7,9-10,14,16-17H,3-4,8,11-12H2,1-2H3. The monoisotopic (exact) mass is 236 g/mol. The third kappa shape index (κ3) is 3.55. The Bertz CT molecular complexity index is 304. The van der Waals surface area contributed by atoms with Crippen molar-refractivity contribution < 1.29 is 10.2 Å². The summed E-state index contributed by atoms with van der Waals surface area (Å²) in [5, 5.41) is 19.7. The highest BCUT2D eigenvalue weighted by Crippen LogP contribution is 2.37. The molecule has 1 rings (SSSR count). The molecule has 0 aliphatic carbocycles. The van der Waals surface area contributed by atoms with Gasteiger partial charge in [0.2, 0.25) is 0 Å². The van der Waals surface area contributed by atoms with Crippen LogP contribution in [0.3, 0.4) is 0 Å². The maximum Gasteiger partial charge on any atom is 0.0710 e. The lowest BCUT2D eigenvalue weighted by molar-refractivity contribution is -0.000386. The molecule has 0 fully saturated rings. The lowest BCUT2D eigenvalue weighted by Crippen LogP contribution is -2.35. The molecule has 1 aromatic rings. The fourth-order valence-electron chi connectivity index (χ4n) is 2.47. The van der Waals surface area contributed by atoms with E-state index in [0.29, 0.717) is 0 Å². The number of benzene rings is 1. The van der Waals surface area contributed by atoms with Crippen LogP contribution >= 0.6 is 0 Å². The summed E-state index contributed by atoms with van der Waals surface area (Å²) in [5.74, 6) is 0.117. The summed E-state index contributed by atoms with van der Waals surface area (Å²) in [4.78, 5) is 0. The van der Waals surface area contributed by atoms with Gasteiger partial charge in [-0.05, 0) is 31.2 Å². The van der Waals surface area contributed by atoms with Crippen LogP contribution in [-0.4, -0.2) is 22.4 Å². The first-order valence-electron chi connectivity index (χ1n) is 6.56. The van der Waals surface area contributed by atoms with Crippen LogP contribution in [0.5, 0.6) is 0 Å². The van der Waals surface area contributed by atoms with E-state index in [-0.39, 0.29) is 12.5 Å². The molecule has 0 saturated carbocycles. The maximum absolute atomic E-state index is 10.7. The molecule has 1 aromatic carbocycles. The van der Waals surface area contributed by atoms with Crippen molar-refractivity contribution in [3.63, 3.8) is 0 Å². The number of hydrogen-bond donors (Lipinski definition) is 2. The topological polar surface area (TPSA) is 40.5 Å². The summed E-state index contributed by atoms with van der Waals surface area (Å²) in [6, 6.07) is 10.1. The van der Waals surface area contributed by atoms with E-state index < -0.39 is 5.60 Å². The van der Waals surface area contributed by atoms with Gasteiger partial charge in [0.25, 0.3) is 0 Å². The lowest BCUT2D eigenvalue weighted by Gasteiger charge is -2.35. The predicted octanol–water partition coefficient (Wildman–Crippen LogP) is 3.09. The summed E-state index contributed by atoms with van der Waals surface area (Å²) in [5.41, 5.74) is 0.517. The summed E-state index contributed by atoms with van der Waals surface area (Å²) in [7, 11) is 0. The normalized spacial score (nSPS) is 13.6. The van der Waals surface area contributed by atoms with Gasteiger partial charge >= 0.3 is 0 Å². The molecule has 0 heterocycles. The molecule has 1 unspecified atom stereocenters. The first-order chi connectivity index (χ1) is 8.18. The van der Waals surface area contributed by atoms with Crippen molar-refractivity contribution in [2.45, 2.75) is 51.0 Å². The van der Waals surface area contributed by atoms with Crippen LogP contribution in [0.25, 0.3) is 0 Å². The highest BCUT2D eigenvalue weighted by molar-refractivity contribution is 5.22. The largest absolute Gasteiger partial charge is 0.396 e. The number of hydrogen-bond acceptors (Lipinski definition) is 2. The number of aliphatic hydroxyl groups is 2. The smallest absolute Gasteiger partial charge is 0.0710 e. The molecular weight excluding hydrogens is 212 g/mol. The van der Waals surface area contributed by atoms with Gasteiger partial charge in [-0.3, -0.25) is 0 Å². The molecule has 0 aliphatic heterocycles. The van der Waals surface area contributed by atoms with Crippen molar-refractivity contribution >= 4 is 0 Å². The Hall–Kier alpha value is -0.860. The number of rotatable bonds is 7. The van der Waals surface area contributed by atoms with E-state index in [0.717, 1.165) is 25.7 Å². The second-order valence-corrected chi connectivity index (χ2v) is 4.64. The second kappa shape index (κ2) is 6.77. The Morgan fingerprint density at radius 2 is 1.71 bits per heavy atom. The SMILES string of the molecule is CCC(O)(CC)C(CCCO)c1ccccc1. The Morgan fingerprint density at radius 1 is 1.12 bits per heavy atom. The summed E-state index contributed by atoms with van der Waals surface area (Å²) >= 11 is 0. The Kier molecular flexibility index (Phi) is 5.66. The molecule has 0 amide bonds. The Labute approximate surface area is 104 Å². The average Bonchev–Trinajstić information content (AvgIpc) is 2.40. The van der Waals surface area contributed by atoms with Crippen LogP contribution in [0.1, 0.15) is 51.0 Å². The molecule has 2 N–H and O–H groups in total. The van der Waals surface area contributed by atoms with Gasteiger partial charge in [-0.1, -0.05) is 44.2 Å². The van der Waals surface area contributed by atoms with E-state index in [2.05, 4.69) is 12.1 Å². The van der Waals surface area contributed by atoms with Gasteiger partial charge in [0.1, 0.15) is 0 Å². The first kappa shape index (κ1) is 14.2. The van der Waals surface area contributed by atoms with Crippen molar-refractivity contribution in [1.29, 1.82) is 0 Å². The molecular formula is C15H24O2. The molecule has 2 nitrogen and oxygen atoms in total. The highest BCUT2D eigenvalue weighted by Gasteiger charge is 2.33. The van der Waals surface area contributed by atoms with Gasteiger partial charge < -0.3 is 10.2 Å². The molecule has 1 atom stereocenters. The quantitative estimate of drug-likeness (QED) is 0.763. The summed E-state index contributed by atoms with van der Waals surface area (Å²) < 4.78 is 0. The lowest BCUT2D eigenvalue weighted by atomic mass is 9.76. The van der Waals surface area contributed by atoms with Gasteiger partial charge in [-0.15, -0.1) is 0 Å². The third-order valence-corrected chi connectivity index (χ3v) is 3.73. The maximum atomic E-state index is 10.7. The molecule has 17 heavy (non-hydrogen) atoms. The minimum Gasteiger partial charge on any atom is -0.396 e. The summed E-state index contributed by atoms with van der Waals surface area (Å²) in [6.45, 7) is 4.24. The van der Waals surface area contributed by atoms with Gasteiger partial charge in [0.15, 0.2) is 0 Å². The van der Waals surface area contributed by atoms with E-state index in [1.165, 1.54) is 5.56 Å². The molecule has 2 heteroatoms. The zero-order valence-corrected chi connectivity index (χ0v) is 10.9. The molecule has 0 bridgehead atoms. The van der Waals surface area contributed by atoms with Gasteiger partial charge in [0, 0.05) is 12.5 Å². The second-order valence-electron chi connectivity index (χ2n) is 4.64. The van der Waals surface area contributed by atoms with E-state index >= 15 is 0 Å². The van der Waals surface area contributed by atoms with Crippen LogP contribution in [0.2, 0.25) is 0 Å². The van der Waals surface area contributed by atoms with Crippen molar-refractivity contribution in [1.82, 2.24) is 0 Å². The fourth-order valence-corrected chi connectivity index (χ4v) is 2.47. The molecule has 0 radical (unpaired) electrons. The number of aliphatic hydroxyl groups excluding tert-OH is 1. The van der Waals surface area contributed by atoms with Crippen molar-refractivity contribution in [3.8, 4) is 0 Å². The Balaban J connectivity index is 2.95. The molecule has 0 spiro atoms. The van der Waals surface area contributed by atoms with Crippen molar-refractivity contribution in [2.24, 2.45) is 0 Å². The van der Waals surface area contributed by atoms with Gasteiger partial charge in [-0.2, -0.15) is 0 Å². The molecule has 0 aromatic heterocycles. The van der Waals surface area contributed by atoms with E-state index in [1.807, 2.05) is 32.0 Å². The molecule has 0 aliphatic rings. The first-order valence-corrected chi connectivity index (χ1v) is 6.56. The third-order valence-electron chi connectivity index (χ3n) is 3.73.